The molecule has 0 spiro atoms. The smallest absolute Gasteiger partial charge is 0.245 e. The molecule has 0 saturated carbocycles. The van der Waals surface area contributed by atoms with E-state index < -0.39 is 12.1 Å². The number of fused-ring (bicyclic) bond motifs is 1. The van der Waals surface area contributed by atoms with E-state index in [9.17, 15) is 14.0 Å². The summed E-state index contributed by atoms with van der Waals surface area (Å²) in [5.41, 5.74) is 2.43. The van der Waals surface area contributed by atoms with Crippen molar-refractivity contribution in [3.05, 3.63) is 58.6 Å². The van der Waals surface area contributed by atoms with Crippen molar-refractivity contribution in [1.29, 1.82) is 0 Å². The van der Waals surface area contributed by atoms with E-state index in [0.717, 1.165) is 23.2 Å². The number of nitrogens with zero attached hydrogens (tertiary/aromatic N) is 2. The summed E-state index contributed by atoms with van der Waals surface area (Å²) in [7, 11) is 1.63. The van der Waals surface area contributed by atoms with Gasteiger partial charge in [0.1, 0.15) is 23.1 Å². The Morgan fingerprint density at radius 3 is 2.87 bits per heavy atom. The molecule has 1 saturated heterocycles. The molecule has 1 aromatic heterocycles. The molecule has 0 aliphatic carbocycles. The molecule has 3 atom stereocenters. The lowest BCUT2D eigenvalue weighted by Crippen LogP contribution is -2.52. The maximum atomic E-state index is 13.3. The topological polar surface area (TPSA) is 83.6 Å². The maximum Gasteiger partial charge on any atom is 0.245 e. The summed E-state index contributed by atoms with van der Waals surface area (Å²) in [6, 6.07) is 6.39. The molecule has 2 aromatic rings. The van der Waals surface area contributed by atoms with Crippen LogP contribution in [0.3, 0.4) is 0 Å². The quantitative estimate of drug-likeness (QED) is 0.664. The van der Waals surface area contributed by atoms with Gasteiger partial charge in [0.25, 0.3) is 0 Å². The van der Waals surface area contributed by atoms with Crippen molar-refractivity contribution in [1.82, 2.24) is 15.2 Å². The Kier molecular flexibility index (Phi) is 6.38. The van der Waals surface area contributed by atoms with Gasteiger partial charge in [-0.2, -0.15) is 0 Å². The Morgan fingerprint density at radius 2 is 2.16 bits per heavy atom. The van der Waals surface area contributed by atoms with Crippen LogP contribution < -0.4 is 10.6 Å². The van der Waals surface area contributed by atoms with E-state index in [-0.39, 0.29) is 30.2 Å². The van der Waals surface area contributed by atoms with Crippen LogP contribution in [0.2, 0.25) is 5.15 Å². The molecular weight excluding hydrogens is 423 g/mol. The first-order chi connectivity index (χ1) is 14.9. The largest absolute Gasteiger partial charge is 0.380 e. The monoisotopic (exact) mass is 446 g/mol. The number of nitrogens with one attached hydrogen (secondary N) is 2. The number of carbonyl (C=O) groups excluding carboxylic acids is 2. The normalized spacial score (nSPS) is 20.8. The van der Waals surface area contributed by atoms with Crippen LogP contribution in [0, 0.1) is 5.82 Å². The van der Waals surface area contributed by atoms with Gasteiger partial charge >= 0.3 is 0 Å². The zero-order valence-electron chi connectivity index (χ0n) is 17.1. The molecule has 1 aromatic carbocycles. The highest BCUT2D eigenvalue weighted by Crippen LogP contribution is 2.27. The molecule has 1 fully saturated rings. The number of carbonyl (C=O) groups is 2. The van der Waals surface area contributed by atoms with Gasteiger partial charge in [-0.1, -0.05) is 23.7 Å². The summed E-state index contributed by atoms with van der Waals surface area (Å²) in [5.74, 6) is -0.800. The second kappa shape index (κ2) is 9.20. The molecule has 2 N–H and O–H groups in total. The molecule has 2 aliphatic rings. The van der Waals surface area contributed by atoms with E-state index in [0.29, 0.717) is 24.7 Å². The summed E-state index contributed by atoms with van der Waals surface area (Å²) in [6.07, 6.45) is 3.07. The van der Waals surface area contributed by atoms with Gasteiger partial charge in [0.2, 0.25) is 11.8 Å². The number of amides is 2. The average molecular weight is 447 g/mol. The zero-order chi connectivity index (χ0) is 22.0. The van der Waals surface area contributed by atoms with Crippen molar-refractivity contribution in [3.8, 4) is 0 Å². The second-order valence-corrected chi connectivity index (χ2v) is 8.27. The highest BCUT2D eigenvalue weighted by atomic mass is 35.5. The number of hydrogen-bond donors (Lipinski definition) is 2. The standard InChI is InChI=1S/C22H24ClFN4O3/c1-31-16-6-7-28(12-16)22(30)18(8-13-2-4-15(24)5-3-13)27-21(29)17-9-14-10-20(23)25-11-19(14)26-17/h2-5,10-11,16-18,26H,6-9,12H2,1H3,(H,27,29)/t16-,17?,18-/m0/s1. The van der Waals surface area contributed by atoms with Crippen LogP contribution in [0.1, 0.15) is 17.5 Å². The van der Waals surface area contributed by atoms with Crippen LogP contribution in [-0.2, 0) is 27.2 Å². The third kappa shape index (κ3) is 4.97. The number of rotatable bonds is 6. The van der Waals surface area contributed by atoms with Crippen molar-refractivity contribution < 1.29 is 18.7 Å². The first-order valence-electron chi connectivity index (χ1n) is 10.2. The lowest BCUT2D eigenvalue weighted by atomic mass is 10.0. The third-order valence-corrected chi connectivity index (χ3v) is 5.99. The van der Waals surface area contributed by atoms with Gasteiger partial charge in [-0.05, 0) is 35.7 Å². The van der Waals surface area contributed by atoms with E-state index >= 15 is 0 Å². The number of pyridine rings is 1. The minimum absolute atomic E-state index is 0.00521. The fourth-order valence-corrected chi connectivity index (χ4v) is 4.23. The minimum atomic E-state index is -0.763. The number of halogens is 2. The number of likely N-dealkylation sites (tertiary alicyclic amines) is 1. The van der Waals surface area contributed by atoms with Crippen LogP contribution in [0.4, 0.5) is 10.1 Å². The Balaban J connectivity index is 1.48. The SMILES string of the molecule is CO[C@H]1CCN(C(=O)[C@H](Cc2ccc(F)cc2)NC(=O)C2Cc3cc(Cl)ncc3N2)C1. The fourth-order valence-electron chi connectivity index (χ4n) is 4.05. The van der Waals surface area contributed by atoms with E-state index in [1.807, 2.05) is 0 Å². The minimum Gasteiger partial charge on any atom is -0.380 e. The summed E-state index contributed by atoms with van der Waals surface area (Å²) in [5, 5.41) is 6.40. The van der Waals surface area contributed by atoms with Gasteiger partial charge in [0, 0.05) is 33.0 Å². The van der Waals surface area contributed by atoms with Crippen LogP contribution in [-0.4, -0.2) is 60.1 Å². The van der Waals surface area contributed by atoms with E-state index in [1.165, 1.54) is 12.1 Å². The Morgan fingerprint density at radius 1 is 1.39 bits per heavy atom. The molecule has 3 heterocycles. The predicted octanol–water partition coefficient (Wildman–Crippen LogP) is 2.19. The number of hydrogen-bond acceptors (Lipinski definition) is 5. The number of ether oxygens (including phenoxy) is 1. The molecule has 2 aliphatic heterocycles. The van der Waals surface area contributed by atoms with E-state index in [1.54, 1.807) is 36.4 Å². The Bertz CT molecular complexity index is 972. The predicted molar refractivity (Wildman–Crippen MR) is 114 cm³/mol. The summed E-state index contributed by atoms with van der Waals surface area (Å²) in [6.45, 7) is 1.06. The highest BCUT2D eigenvalue weighted by Gasteiger charge is 2.34. The molecule has 2 amide bonds. The van der Waals surface area contributed by atoms with Gasteiger partial charge in [-0.25, -0.2) is 9.37 Å². The van der Waals surface area contributed by atoms with Gasteiger partial charge in [0.05, 0.1) is 18.0 Å². The molecule has 1 unspecified atom stereocenters. The Labute approximate surface area is 184 Å². The molecule has 164 valence electrons. The van der Waals surface area contributed by atoms with Crippen molar-refractivity contribution in [2.45, 2.75) is 37.5 Å². The molecule has 31 heavy (non-hydrogen) atoms. The lowest BCUT2D eigenvalue weighted by Gasteiger charge is -2.25. The van der Waals surface area contributed by atoms with Crippen molar-refractivity contribution in [3.63, 3.8) is 0 Å². The zero-order valence-corrected chi connectivity index (χ0v) is 17.9. The van der Waals surface area contributed by atoms with E-state index in [2.05, 4.69) is 15.6 Å². The second-order valence-electron chi connectivity index (χ2n) is 7.89. The van der Waals surface area contributed by atoms with E-state index in [4.69, 9.17) is 16.3 Å². The summed E-state index contributed by atoms with van der Waals surface area (Å²) >= 11 is 5.95. The molecular formula is C22H24ClFN4O3. The van der Waals surface area contributed by atoms with Crippen molar-refractivity contribution in [2.75, 3.05) is 25.5 Å². The third-order valence-electron chi connectivity index (χ3n) is 5.78. The first-order valence-corrected chi connectivity index (χ1v) is 10.6. The van der Waals surface area contributed by atoms with Crippen LogP contribution in [0.15, 0.2) is 36.5 Å². The van der Waals surface area contributed by atoms with Gasteiger partial charge < -0.3 is 20.3 Å². The van der Waals surface area contributed by atoms with Gasteiger partial charge in [-0.15, -0.1) is 0 Å². The van der Waals surface area contributed by atoms with Crippen molar-refractivity contribution >= 4 is 29.1 Å². The maximum absolute atomic E-state index is 13.3. The lowest BCUT2D eigenvalue weighted by molar-refractivity contribution is -0.136. The highest BCUT2D eigenvalue weighted by molar-refractivity contribution is 6.29. The molecule has 4 rings (SSSR count). The first kappa shape index (κ1) is 21.5. The average Bonchev–Trinajstić information content (AvgIpc) is 3.41. The van der Waals surface area contributed by atoms with Gasteiger partial charge in [0.15, 0.2) is 0 Å². The van der Waals surface area contributed by atoms with Crippen LogP contribution in [0.25, 0.3) is 0 Å². The molecule has 7 nitrogen and oxygen atoms in total. The number of benzene rings is 1. The Hall–Kier alpha value is -2.71. The van der Waals surface area contributed by atoms with Crippen LogP contribution >= 0.6 is 11.6 Å². The molecule has 0 bridgehead atoms. The summed E-state index contributed by atoms with van der Waals surface area (Å²) in [4.78, 5) is 32.0. The van der Waals surface area contributed by atoms with Crippen LogP contribution in [0.5, 0.6) is 0 Å². The molecule has 0 radical (unpaired) electrons. The fraction of sp³-hybridized carbons (Fsp3) is 0.409. The number of anilines is 1. The number of methoxy groups -OCH3 is 1. The van der Waals surface area contributed by atoms with Crippen molar-refractivity contribution in [2.24, 2.45) is 0 Å². The molecule has 9 heteroatoms. The summed E-state index contributed by atoms with van der Waals surface area (Å²) < 4.78 is 18.7. The van der Waals surface area contributed by atoms with Gasteiger partial charge in [-0.3, -0.25) is 9.59 Å². The number of aromatic nitrogens is 1.